The third kappa shape index (κ3) is 4.69. The number of nitrogens with one attached hydrogen (secondary N) is 1. The molecule has 3 heterocycles. The SMILES string of the molecule is C[C@H]1CCCCN1C(=O)NC1CCN(CCc2ccncc2)CC1. The van der Waals surface area contributed by atoms with Gasteiger partial charge in [-0.05, 0) is 63.1 Å². The second kappa shape index (κ2) is 8.47. The maximum atomic E-state index is 12.5. The van der Waals surface area contributed by atoms with E-state index in [2.05, 4.69) is 34.3 Å². The fraction of sp³-hybridized carbons (Fsp3) is 0.684. The first-order chi connectivity index (χ1) is 11.7. The van der Waals surface area contributed by atoms with Crippen LogP contribution in [0.3, 0.4) is 0 Å². The minimum Gasteiger partial charge on any atom is -0.335 e. The van der Waals surface area contributed by atoms with Gasteiger partial charge < -0.3 is 15.1 Å². The van der Waals surface area contributed by atoms with Gasteiger partial charge >= 0.3 is 6.03 Å². The number of pyridine rings is 1. The second-order valence-electron chi connectivity index (χ2n) is 7.21. The number of hydrogen-bond acceptors (Lipinski definition) is 3. The number of aromatic nitrogens is 1. The summed E-state index contributed by atoms with van der Waals surface area (Å²) >= 11 is 0. The zero-order chi connectivity index (χ0) is 16.8. The second-order valence-corrected chi connectivity index (χ2v) is 7.21. The first kappa shape index (κ1) is 17.2. The van der Waals surface area contributed by atoms with E-state index in [1.54, 1.807) is 0 Å². The molecule has 2 aliphatic heterocycles. The molecule has 0 radical (unpaired) electrons. The number of hydrogen-bond donors (Lipinski definition) is 1. The molecule has 132 valence electrons. The molecule has 2 aliphatic rings. The fourth-order valence-electron chi connectivity index (χ4n) is 3.79. The minimum atomic E-state index is 0.150. The Morgan fingerprint density at radius 1 is 1.17 bits per heavy atom. The maximum Gasteiger partial charge on any atom is 0.317 e. The Kier molecular flexibility index (Phi) is 6.07. The molecule has 0 aromatic carbocycles. The van der Waals surface area contributed by atoms with E-state index in [1.807, 2.05) is 17.3 Å². The van der Waals surface area contributed by atoms with E-state index < -0.39 is 0 Å². The quantitative estimate of drug-likeness (QED) is 0.923. The van der Waals surface area contributed by atoms with Crippen LogP contribution in [-0.4, -0.2) is 59.1 Å². The van der Waals surface area contributed by atoms with Crippen LogP contribution >= 0.6 is 0 Å². The highest BCUT2D eigenvalue weighted by molar-refractivity contribution is 5.75. The largest absolute Gasteiger partial charge is 0.335 e. The summed E-state index contributed by atoms with van der Waals surface area (Å²) in [5.74, 6) is 0. The molecule has 1 aromatic heterocycles. The van der Waals surface area contributed by atoms with Gasteiger partial charge in [-0.25, -0.2) is 4.79 Å². The van der Waals surface area contributed by atoms with Crippen molar-refractivity contribution in [3.05, 3.63) is 30.1 Å². The van der Waals surface area contributed by atoms with Crippen LogP contribution in [0.4, 0.5) is 4.79 Å². The number of likely N-dealkylation sites (tertiary alicyclic amines) is 2. The zero-order valence-corrected chi connectivity index (χ0v) is 14.8. The predicted molar refractivity (Wildman–Crippen MR) is 96.0 cm³/mol. The van der Waals surface area contributed by atoms with Gasteiger partial charge in [0.15, 0.2) is 0 Å². The molecule has 1 N–H and O–H groups in total. The highest BCUT2D eigenvalue weighted by atomic mass is 16.2. The van der Waals surface area contributed by atoms with E-state index in [0.29, 0.717) is 12.1 Å². The molecule has 0 unspecified atom stereocenters. The van der Waals surface area contributed by atoms with Crippen molar-refractivity contribution in [3.63, 3.8) is 0 Å². The van der Waals surface area contributed by atoms with Crippen molar-refractivity contribution >= 4 is 6.03 Å². The highest BCUT2D eigenvalue weighted by Crippen LogP contribution is 2.17. The first-order valence-corrected chi connectivity index (χ1v) is 9.41. The molecule has 3 rings (SSSR count). The number of carbonyl (C=O) groups is 1. The standard InChI is InChI=1S/C19H30N4O/c1-16-4-2-3-12-23(16)19(24)21-18-8-14-22(15-9-18)13-7-17-5-10-20-11-6-17/h5-6,10-11,16,18H,2-4,7-9,12-15H2,1H3,(H,21,24)/t16-/m0/s1. The van der Waals surface area contributed by atoms with Gasteiger partial charge in [0.25, 0.3) is 0 Å². The highest BCUT2D eigenvalue weighted by Gasteiger charge is 2.26. The van der Waals surface area contributed by atoms with E-state index in [4.69, 9.17) is 0 Å². The lowest BCUT2D eigenvalue weighted by Gasteiger charge is -2.37. The molecule has 2 fully saturated rings. The van der Waals surface area contributed by atoms with Crippen molar-refractivity contribution in [2.75, 3.05) is 26.2 Å². The number of nitrogens with zero attached hydrogens (tertiary/aromatic N) is 3. The van der Waals surface area contributed by atoms with E-state index in [1.165, 1.54) is 12.0 Å². The molecule has 0 bridgehead atoms. The van der Waals surface area contributed by atoms with Crippen molar-refractivity contribution in [1.82, 2.24) is 20.1 Å². The molecule has 5 nitrogen and oxygen atoms in total. The average molecular weight is 330 g/mol. The van der Waals surface area contributed by atoms with Crippen LogP contribution in [0.15, 0.2) is 24.5 Å². The number of urea groups is 1. The number of amides is 2. The monoisotopic (exact) mass is 330 g/mol. The Hall–Kier alpha value is -1.62. The molecule has 24 heavy (non-hydrogen) atoms. The van der Waals surface area contributed by atoms with Crippen LogP contribution in [0.25, 0.3) is 0 Å². The van der Waals surface area contributed by atoms with Gasteiger partial charge in [-0.1, -0.05) is 0 Å². The topological polar surface area (TPSA) is 48.5 Å². The molecule has 1 aromatic rings. The normalized spacial score (nSPS) is 23.2. The Morgan fingerprint density at radius 3 is 2.62 bits per heavy atom. The van der Waals surface area contributed by atoms with Crippen LogP contribution < -0.4 is 5.32 Å². The van der Waals surface area contributed by atoms with Crippen LogP contribution in [0, 0.1) is 0 Å². The molecule has 0 aliphatic carbocycles. The lowest BCUT2D eigenvalue weighted by Crippen LogP contribution is -2.52. The summed E-state index contributed by atoms with van der Waals surface area (Å²) in [6.45, 7) is 6.32. The van der Waals surface area contributed by atoms with Crippen molar-refractivity contribution in [3.8, 4) is 0 Å². The van der Waals surface area contributed by atoms with Crippen LogP contribution in [0.1, 0.15) is 44.6 Å². The summed E-state index contributed by atoms with van der Waals surface area (Å²) in [5, 5.41) is 3.27. The van der Waals surface area contributed by atoms with Gasteiger partial charge in [-0.2, -0.15) is 0 Å². The smallest absolute Gasteiger partial charge is 0.317 e. The molecular weight excluding hydrogens is 300 g/mol. The van der Waals surface area contributed by atoms with Crippen molar-refractivity contribution in [1.29, 1.82) is 0 Å². The van der Waals surface area contributed by atoms with Gasteiger partial charge in [0.1, 0.15) is 0 Å². The lowest BCUT2D eigenvalue weighted by atomic mass is 10.0. The summed E-state index contributed by atoms with van der Waals surface area (Å²) in [7, 11) is 0. The third-order valence-electron chi connectivity index (χ3n) is 5.45. The minimum absolute atomic E-state index is 0.150. The molecule has 5 heteroatoms. The molecule has 1 atom stereocenters. The van der Waals surface area contributed by atoms with Gasteiger partial charge in [0.05, 0.1) is 0 Å². The first-order valence-electron chi connectivity index (χ1n) is 9.41. The number of carbonyl (C=O) groups excluding carboxylic acids is 1. The van der Waals surface area contributed by atoms with Crippen LogP contribution in [0.2, 0.25) is 0 Å². The fourth-order valence-corrected chi connectivity index (χ4v) is 3.79. The van der Waals surface area contributed by atoms with Gasteiger partial charge in [-0.15, -0.1) is 0 Å². The molecule has 0 saturated carbocycles. The Morgan fingerprint density at radius 2 is 1.92 bits per heavy atom. The van der Waals surface area contributed by atoms with Gasteiger partial charge in [0.2, 0.25) is 0 Å². The molecule has 0 spiro atoms. The van der Waals surface area contributed by atoms with Gasteiger partial charge in [0, 0.05) is 50.7 Å². The van der Waals surface area contributed by atoms with Crippen LogP contribution in [-0.2, 0) is 6.42 Å². The van der Waals surface area contributed by atoms with E-state index in [-0.39, 0.29) is 6.03 Å². The molecule has 2 saturated heterocycles. The maximum absolute atomic E-state index is 12.5. The Balaban J connectivity index is 1.38. The number of rotatable bonds is 4. The Bertz CT molecular complexity index is 513. The summed E-state index contributed by atoms with van der Waals surface area (Å²) < 4.78 is 0. The van der Waals surface area contributed by atoms with Gasteiger partial charge in [-0.3, -0.25) is 4.98 Å². The summed E-state index contributed by atoms with van der Waals surface area (Å²) in [6, 6.07) is 5.06. The van der Waals surface area contributed by atoms with Crippen molar-refractivity contribution in [2.24, 2.45) is 0 Å². The summed E-state index contributed by atoms with van der Waals surface area (Å²) in [4.78, 5) is 21.1. The Labute approximate surface area is 145 Å². The van der Waals surface area contributed by atoms with Crippen molar-refractivity contribution < 1.29 is 4.79 Å². The predicted octanol–water partition coefficient (Wildman–Crippen LogP) is 2.67. The van der Waals surface area contributed by atoms with Crippen molar-refractivity contribution in [2.45, 2.75) is 57.5 Å². The van der Waals surface area contributed by atoms with Crippen LogP contribution in [0.5, 0.6) is 0 Å². The third-order valence-corrected chi connectivity index (χ3v) is 5.45. The lowest BCUT2D eigenvalue weighted by molar-refractivity contribution is 0.145. The zero-order valence-electron chi connectivity index (χ0n) is 14.8. The molecule has 2 amide bonds. The van der Waals surface area contributed by atoms with E-state index >= 15 is 0 Å². The van der Waals surface area contributed by atoms with E-state index in [9.17, 15) is 4.79 Å². The molecular formula is C19H30N4O. The summed E-state index contributed by atoms with van der Waals surface area (Å²) in [6.07, 6.45) is 10.4. The summed E-state index contributed by atoms with van der Waals surface area (Å²) in [5.41, 5.74) is 1.35. The van der Waals surface area contributed by atoms with E-state index in [0.717, 1.165) is 58.3 Å². The average Bonchev–Trinajstić information content (AvgIpc) is 2.62. The number of piperidine rings is 2.